The molecule has 3 rings (SSSR count). The van der Waals surface area contributed by atoms with Crippen molar-refractivity contribution in [2.75, 3.05) is 0 Å². The summed E-state index contributed by atoms with van der Waals surface area (Å²) in [6.45, 7) is 4.05. The van der Waals surface area contributed by atoms with Gasteiger partial charge in [-0.25, -0.2) is 4.98 Å². The van der Waals surface area contributed by atoms with Gasteiger partial charge in [0.15, 0.2) is 5.58 Å². The topological polar surface area (TPSA) is 38.9 Å². The zero-order chi connectivity index (χ0) is 11.8. The molecule has 3 heteroatoms. The molecular formula is C14H12N2O. The molecule has 84 valence electrons. The largest absolute Gasteiger partial charge is 0.436 e. The Labute approximate surface area is 99.1 Å². The van der Waals surface area contributed by atoms with Crippen LogP contribution in [0.2, 0.25) is 0 Å². The molecular weight excluding hydrogens is 212 g/mol. The van der Waals surface area contributed by atoms with E-state index in [1.54, 1.807) is 6.20 Å². The summed E-state index contributed by atoms with van der Waals surface area (Å²) in [5, 5.41) is 0. The SMILES string of the molecule is Cc1ccc2oc(-c3ccncc3C)nc2c1. The second-order valence-electron chi connectivity index (χ2n) is 4.18. The standard InChI is InChI=1S/C14H12N2O/c1-9-3-4-13-12(7-9)16-14(17-13)11-5-6-15-8-10(11)2/h3-8H,1-2H3. The minimum absolute atomic E-state index is 0.658. The van der Waals surface area contributed by atoms with E-state index in [0.717, 1.165) is 22.2 Å². The smallest absolute Gasteiger partial charge is 0.227 e. The Morgan fingerprint density at radius 1 is 1.12 bits per heavy atom. The molecule has 0 aliphatic heterocycles. The summed E-state index contributed by atoms with van der Waals surface area (Å²) in [5.74, 6) is 0.658. The number of aryl methyl sites for hydroxylation is 2. The molecule has 3 nitrogen and oxygen atoms in total. The maximum Gasteiger partial charge on any atom is 0.227 e. The molecule has 1 aromatic carbocycles. The van der Waals surface area contributed by atoms with Crippen LogP contribution in [0.15, 0.2) is 41.1 Å². The highest BCUT2D eigenvalue weighted by Crippen LogP contribution is 2.26. The van der Waals surface area contributed by atoms with Crippen LogP contribution < -0.4 is 0 Å². The summed E-state index contributed by atoms with van der Waals surface area (Å²) in [4.78, 5) is 8.58. The van der Waals surface area contributed by atoms with Crippen LogP contribution in [0.1, 0.15) is 11.1 Å². The first-order chi connectivity index (χ1) is 8.24. The number of hydrogen-bond acceptors (Lipinski definition) is 3. The van der Waals surface area contributed by atoms with E-state index in [2.05, 4.69) is 9.97 Å². The highest BCUT2D eigenvalue weighted by atomic mass is 16.3. The van der Waals surface area contributed by atoms with Gasteiger partial charge in [0.1, 0.15) is 5.52 Å². The molecule has 0 unspecified atom stereocenters. The van der Waals surface area contributed by atoms with E-state index in [0.29, 0.717) is 5.89 Å². The van der Waals surface area contributed by atoms with Gasteiger partial charge in [0.25, 0.3) is 0 Å². The zero-order valence-corrected chi connectivity index (χ0v) is 9.77. The monoisotopic (exact) mass is 224 g/mol. The summed E-state index contributed by atoms with van der Waals surface area (Å²) >= 11 is 0. The van der Waals surface area contributed by atoms with E-state index in [-0.39, 0.29) is 0 Å². The van der Waals surface area contributed by atoms with E-state index >= 15 is 0 Å². The molecule has 3 aromatic rings. The first kappa shape index (κ1) is 10.0. The Kier molecular flexibility index (Phi) is 2.18. The summed E-state index contributed by atoms with van der Waals surface area (Å²) in [6.07, 6.45) is 3.57. The number of aromatic nitrogens is 2. The molecule has 0 aliphatic carbocycles. The van der Waals surface area contributed by atoms with E-state index in [1.165, 1.54) is 5.56 Å². The van der Waals surface area contributed by atoms with Crippen LogP contribution in [-0.2, 0) is 0 Å². The number of rotatable bonds is 1. The van der Waals surface area contributed by atoms with Gasteiger partial charge in [-0.2, -0.15) is 0 Å². The lowest BCUT2D eigenvalue weighted by atomic mass is 10.1. The fourth-order valence-corrected chi connectivity index (χ4v) is 1.87. The van der Waals surface area contributed by atoms with Crippen LogP contribution in [0.3, 0.4) is 0 Å². The van der Waals surface area contributed by atoms with Crippen molar-refractivity contribution < 1.29 is 4.42 Å². The van der Waals surface area contributed by atoms with Crippen LogP contribution in [0.4, 0.5) is 0 Å². The third-order valence-corrected chi connectivity index (χ3v) is 2.79. The predicted molar refractivity (Wildman–Crippen MR) is 66.7 cm³/mol. The van der Waals surface area contributed by atoms with E-state index in [9.17, 15) is 0 Å². The van der Waals surface area contributed by atoms with Gasteiger partial charge in [0.2, 0.25) is 5.89 Å². The normalized spacial score (nSPS) is 10.9. The Morgan fingerprint density at radius 2 is 2.00 bits per heavy atom. The van der Waals surface area contributed by atoms with Gasteiger partial charge >= 0.3 is 0 Å². The van der Waals surface area contributed by atoms with Crippen LogP contribution in [-0.4, -0.2) is 9.97 Å². The zero-order valence-electron chi connectivity index (χ0n) is 9.77. The molecule has 0 saturated carbocycles. The molecule has 0 fully saturated rings. The van der Waals surface area contributed by atoms with Crippen molar-refractivity contribution in [3.8, 4) is 11.5 Å². The van der Waals surface area contributed by atoms with Crippen LogP contribution in [0.5, 0.6) is 0 Å². The Bertz CT molecular complexity index is 686. The van der Waals surface area contributed by atoms with Crippen LogP contribution in [0, 0.1) is 13.8 Å². The minimum atomic E-state index is 0.658. The lowest BCUT2D eigenvalue weighted by Crippen LogP contribution is -1.83. The van der Waals surface area contributed by atoms with Gasteiger partial charge in [0.05, 0.1) is 0 Å². The van der Waals surface area contributed by atoms with Crippen molar-refractivity contribution in [1.82, 2.24) is 9.97 Å². The van der Waals surface area contributed by atoms with E-state index < -0.39 is 0 Å². The van der Waals surface area contributed by atoms with Crippen molar-refractivity contribution in [3.63, 3.8) is 0 Å². The van der Waals surface area contributed by atoms with Gasteiger partial charge in [-0.05, 0) is 43.2 Å². The molecule has 0 spiro atoms. The number of benzene rings is 1. The summed E-state index contributed by atoms with van der Waals surface area (Å²) in [7, 11) is 0. The average molecular weight is 224 g/mol. The Balaban J connectivity index is 2.22. The van der Waals surface area contributed by atoms with Crippen molar-refractivity contribution in [2.45, 2.75) is 13.8 Å². The van der Waals surface area contributed by atoms with Gasteiger partial charge in [-0.15, -0.1) is 0 Å². The fraction of sp³-hybridized carbons (Fsp3) is 0.143. The molecule has 0 bridgehead atoms. The minimum Gasteiger partial charge on any atom is -0.436 e. The summed E-state index contributed by atoms with van der Waals surface area (Å²) in [6, 6.07) is 7.93. The molecule has 0 N–H and O–H groups in total. The van der Waals surface area contributed by atoms with Gasteiger partial charge in [0, 0.05) is 18.0 Å². The van der Waals surface area contributed by atoms with E-state index in [1.807, 2.05) is 44.3 Å². The van der Waals surface area contributed by atoms with Crippen molar-refractivity contribution >= 4 is 11.1 Å². The number of hydrogen-bond donors (Lipinski definition) is 0. The molecule has 0 radical (unpaired) electrons. The maximum atomic E-state index is 5.75. The first-order valence-corrected chi connectivity index (χ1v) is 5.52. The Morgan fingerprint density at radius 3 is 2.82 bits per heavy atom. The fourth-order valence-electron chi connectivity index (χ4n) is 1.87. The molecule has 0 saturated heterocycles. The highest BCUT2D eigenvalue weighted by molar-refractivity contribution is 5.77. The van der Waals surface area contributed by atoms with Gasteiger partial charge in [-0.1, -0.05) is 6.07 Å². The van der Waals surface area contributed by atoms with Crippen molar-refractivity contribution in [1.29, 1.82) is 0 Å². The van der Waals surface area contributed by atoms with Gasteiger partial charge in [-0.3, -0.25) is 4.98 Å². The van der Waals surface area contributed by atoms with Crippen molar-refractivity contribution in [3.05, 3.63) is 47.8 Å². The average Bonchev–Trinajstić information content (AvgIpc) is 2.72. The van der Waals surface area contributed by atoms with Gasteiger partial charge < -0.3 is 4.42 Å². The molecule has 2 aromatic heterocycles. The quantitative estimate of drug-likeness (QED) is 0.635. The number of nitrogens with zero attached hydrogens (tertiary/aromatic N) is 2. The third-order valence-electron chi connectivity index (χ3n) is 2.79. The molecule has 0 aliphatic rings. The number of oxazole rings is 1. The van der Waals surface area contributed by atoms with E-state index in [4.69, 9.17) is 4.42 Å². The first-order valence-electron chi connectivity index (χ1n) is 5.52. The summed E-state index contributed by atoms with van der Waals surface area (Å²) < 4.78 is 5.75. The van der Waals surface area contributed by atoms with Crippen molar-refractivity contribution in [2.24, 2.45) is 0 Å². The number of pyridine rings is 1. The molecule has 0 amide bonds. The summed E-state index contributed by atoms with van der Waals surface area (Å²) in [5.41, 5.74) is 4.96. The molecule has 17 heavy (non-hydrogen) atoms. The Hall–Kier alpha value is -2.16. The highest BCUT2D eigenvalue weighted by Gasteiger charge is 2.09. The number of fused-ring (bicyclic) bond motifs is 1. The predicted octanol–water partition coefficient (Wildman–Crippen LogP) is 3.51. The van der Waals surface area contributed by atoms with Crippen LogP contribution >= 0.6 is 0 Å². The third kappa shape index (κ3) is 1.69. The van der Waals surface area contributed by atoms with Crippen LogP contribution in [0.25, 0.3) is 22.6 Å². The molecule has 0 atom stereocenters. The maximum absolute atomic E-state index is 5.75. The molecule has 2 heterocycles. The lowest BCUT2D eigenvalue weighted by molar-refractivity contribution is 0.619. The lowest BCUT2D eigenvalue weighted by Gasteiger charge is -1.97. The second-order valence-corrected chi connectivity index (χ2v) is 4.18. The second kappa shape index (κ2) is 3.70.